The molecular formula is C32H40N4O3S. The first-order valence-corrected chi connectivity index (χ1v) is 14.3. The largest absolute Gasteiger partial charge is 0.357 e. The van der Waals surface area contributed by atoms with Crippen LogP contribution in [0.2, 0.25) is 0 Å². The summed E-state index contributed by atoms with van der Waals surface area (Å²) in [5.74, 6) is -0.860. The number of benzene rings is 2. The second-order valence-corrected chi connectivity index (χ2v) is 11.7. The number of likely N-dealkylation sites (N-methyl/N-ethyl adjacent to an activating group) is 3. The molecule has 3 N–H and O–H groups in total. The summed E-state index contributed by atoms with van der Waals surface area (Å²) in [7, 11) is 4.82. The molecule has 0 bridgehead atoms. The van der Waals surface area contributed by atoms with Gasteiger partial charge in [-0.25, -0.2) is 0 Å². The van der Waals surface area contributed by atoms with Crippen molar-refractivity contribution in [1.82, 2.24) is 15.1 Å². The molecule has 3 aromatic rings. The van der Waals surface area contributed by atoms with Gasteiger partial charge in [0.2, 0.25) is 17.7 Å². The van der Waals surface area contributed by atoms with Crippen molar-refractivity contribution in [3.63, 3.8) is 0 Å². The molecule has 2 aromatic carbocycles. The van der Waals surface area contributed by atoms with E-state index in [4.69, 9.17) is 5.73 Å². The summed E-state index contributed by atoms with van der Waals surface area (Å²) in [6.45, 7) is 3.77. The van der Waals surface area contributed by atoms with Crippen molar-refractivity contribution in [2.24, 2.45) is 5.73 Å². The maximum atomic E-state index is 14.0. The molecule has 0 spiro atoms. The predicted molar refractivity (Wildman–Crippen MR) is 163 cm³/mol. The van der Waals surface area contributed by atoms with Crippen molar-refractivity contribution < 1.29 is 14.4 Å². The van der Waals surface area contributed by atoms with Crippen LogP contribution in [0.25, 0.3) is 11.1 Å². The molecule has 0 fully saturated rings. The minimum Gasteiger partial charge on any atom is -0.357 e. The molecule has 40 heavy (non-hydrogen) atoms. The SMILES string of the molecule is CNC(=O)C(Cc1cccs1)N(C)C(=O)C(Cc1ccc(-c2ccccc2)cc1)N(C)C(=O)/C=C/CC(C)(C)N. The Morgan fingerprint density at radius 3 is 2.12 bits per heavy atom. The van der Waals surface area contributed by atoms with Gasteiger partial charge in [0.05, 0.1) is 0 Å². The van der Waals surface area contributed by atoms with Gasteiger partial charge in [-0.2, -0.15) is 0 Å². The van der Waals surface area contributed by atoms with Crippen molar-refractivity contribution in [3.8, 4) is 11.1 Å². The maximum Gasteiger partial charge on any atom is 0.246 e. The van der Waals surface area contributed by atoms with E-state index < -0.39 is 17.6 Å². The number of hydrogen-bond acceptors (Lipinski definition) is 5. The van der Waals surface area contributed by atoms with Crippen molar-refractivity contribution in [3.05, 3.63) is 94.7 Å². The van der Waals surface area contributed by atoms with Crippen molar-refractivity contribution in [1.29, 1.82) is 0 Å². The van der Waals surface area contributed by atoms with Crippen LogP contribution < -0.4 is 11.1 Å². The summed E-state index contributed by atoms with van der Waals surface area (Å²) < 4.78 is 0. The Morgan fingerprint density at radius 2 is 1.55 bits per heavy atom. The lowest BCUT2D eigenvalue weighted by Crippen LogP contribution is -2.55. The second kappa shape index (κ2) is 14.1. The Kier molecular flexibility index (Phi) is 10.8. The molecule has 2 atom stereocenters. The lowest BCUT2D eigenvalue weighted by atomic mass is 9.98. The molecule has 0 aliphatic carbocycles. The highest BCUT2D eigenvalue weighted by molar-refractivity contribution is 7.09. The van der Waals surface area contributed by atoms with Crippen LogP contribution >= 0.6 is 11.3 Å². The number of nitrogens with one attached hydrogen (secondary N) is 1. The number of nitrogens with two attached hydrogens (primary N) is 1. The van der Waals surface area contributed by atoms with Crippen LogP contribution in [0.4, 0.5) is 0 Å². The Hall–Kier alpha value is -3.75. The van der Waals surface area contributed by atoms with Crippen LogP contribution in [0, 0.1) is 0 Å². The fourth-order valence-corrected chi connectivity index (χ4v) is 5.13. The van der Waals surface area contributed by atoms with Crippen LogP contribution in [0.5, 0.6) is 0 Å². The summed E-state index contributed by atoms with van der Waals surface area (Å²) in [4.78, 5) is 44.0. The molecule has 212 valence electrons. The van der Waals surface area contributed by atoms with E-state index in [-0.39, 0.29) is 17.7 Å². The molecule has 1 aromatic heterocycles. The van der Waals surface area contributed by atoms with Gasteiger partial charge >= 0.3 is 0 Å². The van der Waals surface area contributed by atoms with Gasteiger partial charge in [0.1, 0.15) is 12.1 Å². The summed E-state index contributed by atoms with van der Waals surface area (Å²) in [5.41, 5.74) is 8.68. The number of rotatable bonds is 12. The number of amides is 3. The van der Waals surface area contributed by atoms with Gasteiger partial charge < -0.3 is 20.9 Å². The summed E-state index contributed by atoms with van der Waals surface area (Å²) in [5, 5.41) is 4.63. The van der Waals surface area contributed by atoms with Gasteiger partial charge in [-0.05, 0) is 54.5 Å². The van der Waals surface area contributed by atoms with E-state index in [1.165, 1.54) is 27.2 Å². The monoisotopic (exact) mass is 560 g/mol. The van der Waals surface area contributed by atoms with E-state index in [0.717, 1.165) is 21.6 Å². The average molecular weight is 561 g/mol. The number of carbonyl (C=O) groups excluding carboxylic acids is 3. The molecule has 0 aliphatic rings. The Labute approximate surface area is 241 Å². The van der Waals surface area contributed by atoms with E-state index in [9.17, 15) is 14.4 Å². The van der Waals surface area contributed by atoms with Gasteiger partial charge in [-0.3, -0.25) is 14.4 Å². The topological polar surface area (TPSA) is 95.7 Å². The minimum absolute atomic E-state index is 0.255. The zero-order valence-electron chi connectivity index (χ0n) is 24.0. The third-order valence-electron chi connectivity index (χ3n) is 6.83. The predicted octanol–water partition coefficient (Wildman–Crippen LogP) is 4.28. The van der Waals surface area contributed by atoms with Gasteiger partial charge in [0.25, 0.3) is 0 Å². The Balaban J connectivity index is 1.89. The van der Waals surface area contributed by atoms with Crippen LogP contribution in [0.1, 0.15) is 30.7 Å². The molecule has 8 heteroatoms. The Bertz CT molecular complexity index is 1280. The second-order valence-electron chi connectivity index (χ2n) is 10.7. The maximum absolute atomic E-state index is 14.0. The summed E-state index contributed by atoms with van der Waals surface area (Å²) in [6.07, 6.45) is 4.42. The third kappa shape index (κ3) is 8.63. The molecule has 0 saturated heterocycles. The normalized spacial score (nSPS) is 13.1. The minimum atomic E-state index is -0.814. The smallest absolute Gasteiger partial charge is 0.246 e. The summed E-state index contributed by atoms with van der Waals surface area (Å²) >= 11 is 1.54. The van der Waals surface area contributed by atoms with Crippen molar-refractivity contribution in [2.75, 3.05) is 21.1 Å². The first kappa shape index (κ1) is 30.8. The molecule has 3 amide bonds. The standard InChI is InChI=1S/C32H40N4O3S/c1-32(2,33)19-9-14-29(37)35(4)28(21-23-15-17-25(18-16-23)24-11-7-6-8-12-24)31(39)36(5)27(30(38)34-3)22-26-13-10-20-40-26/h6-18,20,27-28H,19,21-22,33H2,1-5H3,(H,34,38)/b14-9+. The zero-order valence-corrected chi connectivity index (χ0v) is 24.8. The number of carbonyl (C=O) groups is 3. The van der Waals surface area contributed by atoms with E-state index in [1.807, 2.05) is 86.0 Å². The molecule has 7 nitrogen and oxygen atoms in total. The lowest BCUT2D eigenvalue weighted by molar-refractivity contribution is -0.146. The van der Waals surface area contributed by atoms with Crippen LogP contribution in [0.3, 0.4) is 0 Å². The first-order chi connectivity index (χ1) is 19.0. The highest BCUT2D eigenvalue weighted by Gasteiger charge is 2.34. The number of hydrogen-bond donors (Lipinski definition) is 2. The molecule has 1 heterocycles. The molecular weight excluding hydrogens is 520 g/mol. The number of nitrogens with zero attached hydrogens (tertiary/aromatic N) is 2. The van der Waals surface area contributed by atoms with E-state index in [2.05, 4.69) is 5.32 Å². The highest BCUT2D eigenvalue weighted by atomic mass is 32.1. The number of thiophene rings is 1. The van der Waals surface area contributed by atoms with Crippen LogP contribution in [-0.2, 0) is 27.2 Å². The van der Waals surface area contributed by atoms with Gasteiger partial charge in [0, 0.05) is 44.4 Å². The Morgan fingerprint density at radius 1 is 0.900 bits per heavy atom. The third-order valence-corrected chi connectivity index (χ3v) is 7.73. The molecule has 2 unspecified atom stereocenters. The van der Waals surface area contributed by atoms with E-state index in [1.54, 1.807) is 27.2 Å². The molecule has 0 radical (unpaired) electrons. The van der Waals surface area contributed by atoms with Gasteiger partial charge in [0.15, 0.2) is 0 Å². The zero-order chi connectivity index (χ0) is 29.3. The average Bonchev–Trinajstić information content (AvgIpc) is 3.46. The van der Waals surface area contributed by atoms with Gasteiger partial charge in [-0.1, -0.05) is 66.7 Å². The van der Waals surface area contributed by atoms with E-state index >= 15 is 0 Å². The van der Waals surface area contributed by atoms with Crippen molar-refractivity contribution in [2.45, 2.75) is 50.7 Å². The fourth-order valence-electron chi connectivity index (χ4n) is 4.39. The first-order valence-electron chi connectivity index (χ1n) is 13.4. The van der Waals surface area contributed by atoms with Crippen molar-refractivity contribution >= 4 is 29.1 Å². The molecule has 0 aliphatic heterocycles. The molecule has 3 rings (SSSR count). The quantitative estimate of drug-likeness (QED) is 0.323. The molecule has 0 saturated carbocycles. The highest BCUT2D eigenvalue weighted by Crippen LogP contribution is 2.22. The lowest BCUT2D eigenvalue weighted by Gasteiger charge is -2.34. The summed E-state index contributed by atoms with van der Waals surface area (Å²) in [6, 6.07) is 20.4. The van der Waals surface area contributed by atoms with Gasteiger partial charge in [-0.15, -0.1) is 11.3 Å². The van der Waals surface area contributed by atoms with Crippen LogP contribution in [-0.4, -0.2) is 66.3 Å². The fraction of sp³-hybridized carbons (Fsp3) is 0.344. The van der Waals surface area contributed by atoms with E-state index in [0.29, 0.717) is 19.3 Å². The van der Waals surface area contributed by atoms with Crippen LogP contribution in [0.15, 0.2) is 84.3 Å².